The molecule has 0 bridgehead atoms. The van der Waals surface area contributed by atoms with Crippen molar-refractivity contribution in [1.82, 2.24) is 15.3 Å². The van der Waals surface area contributed by atoms with Gasteiger partial charge in [-0.3, -0.25) is 4.99 Å². The number of fused-ring (bicyclic) bond motifs is 1. The van der Waals surface area contributed by atoms with E-state index in [0.29, 0.717) is 0 Å². The number of hydrogen-bond acceptors (Lipinski definition) is 3. The van der Waals surface area contributed by atoms with Crippen LogP contribution in [0.3, 0.4) is 0 Å². The van der Waals surface area contributed by atoms with Crippen molar-refractivity contribution in [3.63, 3.8) is 0 Å². The maximum Gasteiger partial charge on any atom is 0.138 e. The van der Waals surface area contributed by atoms with Gasteiger partial charge in [0.2, 0.25) is 0 Å². The van der Waals surface area contributed by atoms with Crippen LogP contribution in [0.15, 0.2) is 23.3 Å². The van der Waals surface area contributed by atoms with Crippen molar-refractivity contribution in [2.24, 2.45) is 4.99 Å². The first-order chi connectivity index (χ1) is 7.90. The van der Waals surface area contributed by atoms with Crippen LogP contribution >= 0.6 is 0 Å². The number of aromatic amines is 1. The molecule has 2 aromatic rings. The Labute approximate surface area is 93.8 Å². The summed E-state index contributed by atoms with van der Waals surface area (Å²) < 4.78 is 0. The molecule has 0 radical (unpaired) electrons. The molecule has 4 nitrogen and oxygen atoms in total. The molecule has 0 amide bonds. The SMILES string of the molecule is CCc1[nH]c2ncccc2c1C1=NCCN1. The molecule has 3 rings (SSSR count). The molecular weight excluding hydrogens is 200 g/mol. The van der Waals surface area contributed by atoms with E-state index in [1.165, 1.54) is 11.3 Å². The standard InChI is InChI=1S/C12H14N4/c1-2-9-10(12-14-6-7-15-12)8-4-3-5-13-11(8)16-9/h3-5H,2,6-7H2,1H3,(H,13,16)(H,14,15). The number of nitrogens with one attached hydrogen (secondary N) is 2. The molecule has 3 heterocycles. The molecule has 1 aliphatic heterocycles. The number of amidine groups is 1. The molecule has 0 aliphatic carbocycles. The van der Waals surface area contributed by atoms with Gasteiger partial charge >= 0.3 is 0 Å². The van der Waals surface area contributed by atoms with Crippen molar-refractivity contribution < 1.29 is 0 Å². The number of aromatic nitrogens is 2. The van der Waals surface area contributed by atoms with Crippen LogP contribution in [0.2, 0.25) is 0 Å². The lowest BCUT2D eigenvalue weighted by Gasteiger charge is -2.03. The highest BCUT2D eigenvalue weighted by atomic mass is 15.1. The minimum atomic E-state index is 0.866. The van der Waals surface area contributed by atoms with Gasteiger partial charge in [0.1, 0.15) is 11.5 Å². The predicted molar refractivity (Wildman–Crippen MR) is 64.9 cm³/mol. The monoisotopic (exact) mass is 214 g/mol. The molecule has 16 heavy (non-hydrogen) atoms. The van der Waals surface area contributed by atoms with Crippen LogP contribution in [-0.4, -0.2) is 28.9 Å². The Balaban J connectivity index is 2.27. The van der Waals surface area contributed by atoms with Gasteiger partial charge in [-0.2, -0.15) is 0 Å². The van der Waals surface area contributed by atoms with E-state index in [1.54, 1.807) is 0 Å². The maximum atomic E-state index is 4.49. The smallest absolute Gasteiger partial charge is 0.138 e. The van der Waals surface area contributed by atoms with Crippen LogP contribution in [0.5, 0.6) is 0 Å². The highest BCUT2D eigenvalue weighted by Gasteiger charge is 2.17. The number of hydrogen-bond donors (Lipinski definition) is 2. The maximum absolute atomic E-state index is 4.49. The van der Waals surface area contributed by atoms with Crippen LogP contribution in [0.4, 0.5) is 0 Å². The lowest BCUT2D eigenvalue weighted by atomic mass is 10.1. The summed E-state index contributed by atoms with van der Waals surface area (Å²) in [6, 6.07) is 4.06. The van der Waals surface area contributed by atoms with Gasteiger partial charge in [0.25, 0.3) is 0 Å². The fraction of sp³-hybridized carbons (Fsp3) is 0.333. The lowest BCUT2D eigenvalue weighted by molar-refractivity contribution is 0.958. The lowest BCUT2D eigenvalue weighted by Crippen LogP contribution is -2.20. The predicted octanol–water partition coefficient (Wildman–Crippen LogP) is 1.48. The number of aryl methyl sites for hydroxylation is 1. The van der Waals surface area contributed by atoms with Crippen molar-refractivity contribution in [2.45, 2.75) is 13.3 Å². The van der Waals surface area contributed by atoms with Gasteiger partial charge < -0.3 is 10.3 Å². The summed E-state index contributed by atoms with van der Waals surface area (Å²) in [6.45, 7) is 3.95. The first-order valence-electron chi connectivity index (χ1n) is 5.64. The highest BCUT2D eigenvalue weighted by molar-refractivity contribution is 6.10. The van der Waals surface area contributed by atoms with E-state index in [1.807, 2.05) is 12.3 Å². The number of pyridine rings is 1. The average Bonchev–Trinajstić information content (AvgIpc) is 2.94. The first-order valence-corrected chi connectivity index (χ1v) is 5.64. The second-order valence-electron chi connectivity index (χ2n) is 3.89. The molecule has 2 N–H and O–H groups in total. The molecule has 0 unspecified atom stereocenters. The molecule has 0 atom stereocenters. The quantitative estimate of drug-likeness (QED) is 0.795. The molecule has 0 fully saturated rings. The molecule has 0 aromatic carbocycles. The largest absolute Gasteiger partial charge is 0.368 e. The third-order valence-electron chi connectivity index (χ3n) is 2.91. The summed E-state index contributed by atoms with van der Waals surface area (Å²) in [4.78, 5) is 12.2. The summed E-state index contributed by atoms with van der Waals surface area (Å²) in [7, 11) is 0. The van der Waals surface area contributed by atoms with Crippen LogP contribution in [0, 0.1) is 0 Å². The Hall–Kier alpha value is -1.84. The molecule has 1 aliphatic rings. The van der Waals surface area contributed by atoms with E-state index in [9.17, 15) is 0 Å². The van der Waals surface area contributed by atoms with Gasteiger partial charge in [0, 0.05) is 29.4 Å². The summed E-state index contributed by atoms with van der Waals surface area (Å²) in [5.74, 6) is 1.01. The second kappa shape index (κ2) is 3.63. The van der Waals surface area contributed by atoms with Crippen LogP contribution in [0.25, 0.3) is 11.0 Å². The molecule has 82 valence electrons. The van der Waals surface area contributed by atoms with E-state index >= 15 is 0 Å². The Bertz CT molecular complexity index is 553. The summed E-state index contributed by atoms with van der Waals surface area (Å²) in [5, 5.41) is 4.49. The van der Waals surface area contributed by atoms with Gasteiger partial charge in [0.05, 0.1) is 6.54 Å². The molecule has 0 spiro atoms. The van der Waals surface area contributed by atoms with Crippen molar-refractivity contribution >= 4 is 16.9 Å². The van der Waals surface area contributed by atoms with Crippen LogP contribution < -0.4 is 5.32 Å². The van der Waals surface area contributed by atoms with E-state index in [0.717, 1.165) is 36.4 Å². The zero-order valence-corrected chi connectivity index (χ0v) is 9.25. The fourth-order valence-electron chi connectivity index (χ4n) is 2.18. The number of aliphatic imine (C=N–C) groups is 1. The van der Waals surface area contributed by atoms with Crippen molar-refractivity contribution in [1.29, 1.82) is 0 Å². The van der Waals surface area contributed by atoms with Gasteiger partial charge in [-0.05, 0) is 18.6 Å². The van der Waals surface area contributed by atoms with E-state index in [-0.39, 0.29) is 0 Å². The number of rotatable bonds is 2. The minimum absolute atomic E-state index is 0.866. The molecule has 0 saturated heterocycles. The van der Waals surface area contributed by atoms with E-state index in [4.69, 9.17) is 0 Å². The fourth-order valence-corrected chi connectivity index (χ4v) is 2.18. The Kier molecular flexibility index (Phi) is 2.13. The summed E-state index contributed by atoms with van der Waals surface area (Å²) >= 11 is 0. The van der Waals surface area contributed by atoms with Crippen molar-refractivity contribution in [3.8, 4) is 0 Å². The van der Waals surface area contributed by atoms with Crippen molar-refractivity contribution in [3.05, 3.63) is 29.6 Å². The van der Waals surface area contributed by atoms with E-state index in [2.05, 4.69) is 33.3 Å². The Morgan fingerprint density at radius 2 is 2.38 bits per heavy atom. The van der Waals surface area contributed by atoms with Crippen LogP contribution in [-0.2, 0) is 6.42 Å². The molecule has 2 aromatic heterocycles. The molecule has 4 heteroatoms. The van der Waals surface area contributed by atoms with Gasteiger partial charge in [-0.1, -0.05) is 6.92 Å². The zero-order valence-electron chi connectivity index (χ0n) is 9.25. The number of nitrogens with zero attached hydrogens (tertiary/aromatic N) is 2. The van der Waals surface area contributed by atoms with Gasteiger partial charge in [0.15, 0.2) is 0 Å². The van der Waals surface area contributed by atoms with Gasteiger partial charge in [-0.15, -0.1) is 0 Å². The normalized spacial score (nSPS) is 15.2. The average molecular weight is 214 g/mol. The Morgan fingerprint density at radius 3 is 3.12 bits per heavy atom. The Morgan fingerprint density at radius 1 is 1.44 bits per heavy atom. The minimum Gasteiger partial charge on any atom is -0.368 e. The zero-order chi connectivity index (χ0) is 11.0. The van der Waals surface area contributed by atoms with E-state index < -0.39 is 0 Å². The van der Waals surface area contributed by atoms with Crippen LogP contribution in [0.1, 0.15) is 18.2 Å². The topological polar surface area (TPSA) is 53.1 Å². The molecular formula is C12H14N4. The summed E-state index contributed by atoms with van der Waals surface area (Å²) in [6.07, 6.45) is 2.78. The second-order valence-corrected chi connectivity index (χ2v) is 3.89. The third-order valence-corrected chi connectivity index (χ3v) is 2.91. The highest BCUT2D eigenvalue weighted by Crippen LogP contribution is 2.22. The van der Waals surface area contributed by atoms with Crippen molar-refractivity contribution in [2.75, 3.05) is 13.1 Å². The number of H-pyrrole nitrogens is 1. The summed E-state index contributed by atoms with van der Waals surface area (Å²) in [5.41, 5.74) is 3.36. The third kappa shape index (κ3) is 1.30. The van der Waals surface area contributed by atoms with Gasteiger partial charge in [-0.25, -0.2) is 4.98 Å². The molecule has 0 saturated carbocycles. The first kappa shape index (κ1) is 9.39.